The van der Waals surface area contributed by atoms with E-state index in [1.54, 1.807) is 0 Å². The van der Waals surface area contributed by atoms with Crippen LogP contribution in [0.1, 0.15) is 66.4 Å². The molecule has 1 atom stereocenters. The third-order valence-electron chi connectivity index (χ3n) is 7.59. The van der Waals surface area contributed by atoms with E-state index >= 15 is 0 Å². The Balaban J connectivity index is 1.35. The average molecular weight is 505 g/mol. The molecule has 3 N–H and O–H groups in total. The Bertz CT molecular complexity index is 1140. The van der Waals surface area contributed by atoms with E-state index in [-0.39, 0.29) is 11.4 Å². The van der Waals surface area contributed by atoms with Gasteiger partial charge >= 0.3 is 11.9 Å². The Morgan fingerprint density at radius 2 is 1.73 bits per heavy atom. The summed E-state index contributed by atoms with van der Waals surface area (Å²) in [5.41, 5.74) is 3.52. The molecule has 0 bridgehead atoms. The lowest BCUT2D eigenvalue weighted by Crippen LogP contribution is -2.33. The number of rotatable bonds is 9. The number of carbonyl (C=O) groups is 3. The van der Waals surface area contributed by atoms with Crippen molar-refractivity contribution in [3.63, 3.8) is 0 Å². The Morgan fingerprint density at radius 1 is 0.973 bits per heavy atom. The molecule has 2 aromatic carbocycles. The highest BCUT2D eigenvalue weighted by Crippen LogP contribution is 2.29. The van der Waals surface area contributed by atoms with Crippen molar-refractivity contribution in [3.8, 4) is 0 Å². The van der Waals surface area contributed by atoms with E-state index in [4.69, 9.17) is 5.11 Å². The second-order valence-electron chi connectivity index (χ2n) is 10.2. The lowest BCUT2D eigenvalue weighted by Gasteiger charge is -2.32. The molecule has 0 spiro atoms. The Labute approximate surface area is 218 Å². The van der Waals surface area contributed by atoms with Crippen molar-refractivity contribution in [2.24, 2.45) is 5.92 Å². The number of nitrogens with one attached hydrogen (secondary N) is 1. The van der Waals surface area contributed by atoms with Gasteiger partial charge in [0.25, 0.3) is 0 Å². The molecule has 2 aromatic rings. The average Bonchev–Trinajstić information content (AvgIpc) is 2.87. The molecule has 2 heterocycles. The second kappa shape index (κ2) is 12.7. The van der Waals surface area contributed by atoms with Gasteiger partial charge in [0.1, 0.15) is 0 Å². The third-order valence-corrected chi connectivity index (χ3v) is 7.59. The number of nitrogens with zero attached hydrogens (tertiary/aromatic N) is 1. The molecule has 0 aromatic heterocycles. The number of benzene rings is 2. The van der Waals surface area contributed by atoms with Gasteiger partial charge in [-0.15, -0.1) is 0 Å². The van der Waals surface area contributed by atoms with Crippen LogP contribution in [-0.4, -0.2) is 52.0 Å². The summed E-state index contributed by atoms with van der Waals surface area (Å²) < 4.78 is 0. The van der Waals surface area contributed by atoms with Gasteiger partial charge in [-0.2, -0.15) is 0 Å². The van der Waals surface area contributed by atoms with Gasteiger partial charge in [0.05, 0.1) is 11.6 Å². The van der Waals surface area contributed by atoms with E-state index in [9.17, 15) is 19.5 Å². The first-order chi connectivity index (χ1) is 17.9. The lowest BCUT2D eigenvalue weighted by atomic mass is 9.89. The van der Waals surface area contributed by atoms with E-state index in [2.05, 4.69) is 34.5 Å². The second-order valence-corrected chi connectivity index (χ2v) is 10.2. The summed E-state index contributed by atoms with van der Waals surface area (Å²) in [5.74, 6) is -1.89. The van der Waals surface area contributed by atoms with Crippen LogP contribution in [0.15, 0.2) is 60.2 Å². The molecule has 7 nitrogen and oxygen atoms in total. The van der Waals surface area contributed by atoms with Crippen molar-refractivity contribution in [1.29, 1.82) is 0 Å². The van der Waals surface area contributed by atoms with E-state index < -0.39 is 18.0 Å². The minimum absolute atomic E-state index is 0.0921. The number of fused-ring (bicyclic) bond motifs is 1. The van der Waals surface area contributed by atoms with Gasteiger partial charge in [-0.3, -0.25) is 9.69 Å². The Morgan fingerprint density at radius 3 is 2.43 bits per heavy atom. The summed E-state index contributed by atoms with van der Waals surface area (Å²) in [7, 11) is 0. The normalized spacial score (nSPS) is 19.2. The highest BCUT2D eigenvalue weighted by molar-refractivity contribution is 5.98. The van der Waals surface area contributed by atoms with Crippen LogP contribution in [-0.2, 0) is 22.6 Å². The van der Waals surface area contributed by atoms with Crippen molar-refractivity contribution in [1.82, 2.24) is 4.90 Å². The first-order valence-corrected chi connectivity index (χ1v) is 13.3. The third kappa shape index (κ3) is 7.52. The smallest absolute Gasteiger partial charge is 0.333 e. The van der Waals surface area contributed by atoms with Crippen LogP contribution >= 0.6 is 0 Å². The number of carboxylic acids is 2. The maximum Gasteiger partial charge on any atom is 0.333 e. The van der Waals surface area contributed by atoms with Crippen LogP contribution in [0.2, 0.25) is 0 Å². The highest BCUT2D eigenvalue weighted by Gasteiger charge is 2.25. The fourth-order valence-corrected chi connectivity index (χ4v) is 5.46. The van der Waals surface area contributed by atoms with Gasteiger partial charge in [-0.25, -0.2) is 9.59 Å². The number of aryl methyl sites for hydroxylation is 1. The molecular formula is C30H36N2O5. The molecule has 0 aliphatic carbocycles. The molecule has 0 radical (unpaired) electrons. The molecule has 1 saturated heterocycles. The quantitative estimate of drug-likeness (QED) is 0.320. The van der Waals surface area contributed by atoms with E-state index in [0.29, 0.717) is 24.3 Å². The van der Waals surface area contributed by atoms with Crippen molar-refractivity contribution in [3.05, 3.63) is 76.9 Å². The lowest BCUT2D eigenvalue weighted by molar-refractivity contribution is -0.135. The first kappa shape index (κ1) is 26.6. The Kier molecular flexibility index (Phi) is 9.12. The molecule has 37 heavy (non-hydrogen) atoms. The predicted octanol–water partition coefficient (Wildman–Crippen LogP) is 5.16. The molecule has 1 unspecified atom stereocenters. The van der Waals surface area contributed by atoms with Gasteiger partial charge in [0.15, 0.2) is 5.78 Å². The minimum atomic E-state index is -1.28. The van der Waals surface area contributed by atoms with Crippen LogP contribution in [0.3, 0.4) is 0 Å². The number of ketones is 1. The summed E-state index contributed by atoms with van der Waals surface area (Å²) in [6, 6.07) is 15.5. The van der Waals surface area contributed by atoms with Crippen molar-refractivity contribution < 1.29 is 24.6 Å². The number of anilines is 1. The molecule has 2 aliphatic heterocycles. The SMILES string of the molecule is O=C(O)C=C(C(=O)O)C1CCCCc2ccc(C(=O)CCC3CCN(Cc4ccccc4)CC3)cc2N1. The maximum absolute atomic E-state index is 13.1. The number of aliphatic carboxylic acids is 2. The molecule has 2 aliphatic rings. The van der Waals surface area contributed by atoms with Crippen molar-refractivity contribution in [2.75, 3.05) is 18.4 Å². The van der Waals surface area contributed by atoms with Crippen LogP contribution in [0.5, 0.6) is 0 Å². The zero-order chi connectivity index (χ0) is 26.2. The molecule has 7 heteroatoms. The molecule has 196 valence electrons. The largest absolute Gasteiger partial charge is 0.478 e. The zero-order valence-corrected chi connectivity index (χ0v) is 21.2. The monoisotopic (exact) mass is 504 g/mol. The van der Waals surface area contributed by atoms with Gasteiger partial charge in [0.2, 0.25) is 0 Å². The molecule has 4 rings (SSSR count). The summed E-state index contributed by atoms with van der Waals surface area (Å²) in [4.78, 5) is 38.5. The molecule has 1 fully saturated rings. The van der Waals surface area contributed by atoms with E-state index in [1.165, 1.54) is 5.56 Å². The standard InChI is InChI=1S/C30H36N2O5/c33-28(13-10-21-14-16-32(17-15-21)20-22-6-2-1-3-7-22)24-12-11-23-8-4-5-9-26(31-27(23)18-24)25(30(36)37)19-29(34)35/h1-3,6-7,11-12,18-19,21,26,31H,4-5,8-10,13-17,20H2,(H,34,35)(H,36,37). The van der Waals surface area contributed by atoms with Gasteiger partial charge in [-0.1, -0.05) is 48.9 Å². The number of Topliss-reactive ketones (excluding diaryl/α,β-unsaturated/α-hetero) is 1. The number of likely N-dealkylation sites (tertiary alicyclic amines) is 1. The first-order valence-electron chi connectivity index (χ1n) is 13.3. The van der Waals surface area contributed by atoms with Gasteiger partial charge in [0, 0.05) is 30.3 Å². The summed E-state index contributed by atoms with van der Waals surface area (Å²) in [6.45, 7) is 3.07. The number of piperidine rings is 1. The Hall–Kier alpha value is -3.45. The predicted molar refractivity (Wildman–Crippen MR) is 143 cm³/mol. The van der Waals surface area contributed by atoms with Crippen molar-refractivity contribution in [2.45, 2.75) is 64.0 Å². The number of carboxylic acid groups (broad SMARTS) is 2. The number of hydrogen-bond donors (Lipinski definition) is 3. The van der Waals surface area contributed by atoms with E-state index in [1.807, 2.05) is 24.3 Å². The molecular weight excluding hydrogens is 468 g/mol. The fourth-order valence-electron chi connectivity index (χ4n) is 5.46. The van der Waals surface area contributed by atoms with Crippen LogP contribution in [0, 0.1) is 5.92 Å². The number of carbonyl (C=O) groups excluding carboxylic acids is 1. The number of hydrogen-bond acceptors (Lipinski definition) is 5. The maximum atomic E-state index is 13.1. The van der Waals surface area contributed by atoms with E-state index in [0.717, 1.165) is 75.5 Å². The molecule has 0 saturated carbocycles. The minimum Gasteiger partial charge on any atom is -0.478 e. The fraction of sp³-hybridized carbons (Fsp3) is 0.433. The van der Waals surface area contributed by atoms with Gasteiger partial charge < -0.3 is 15.5 Å². The van der Waals surface area contributed by atoms with Gasteiger partial charge in [-0.05, 0) is 74.7 Å². The van der Waals surface area contributed by atoms with Crippen LogP contribution < -0.4 is 5.32 Å². The molecule has 0 amide bonds. The highest BCUT2D eigenvalue weighted by atomic mass is 16.4. The summed E-state index contributed by atoms with van der Waals surface area (Å²) >= 11 is 0. The topological polar surface area (TPSA) is 107 Å². The summed E-state index contributed by atoms with van der Waals surface area (Å²) in [5, 5.41) is 22.0. The zero-order valence-electron chi connectivity index (χ0n) is 21.2. The van der Waals surface area contributed by atoms with Crippen LogP contribution in [0.25, 0.3) is 0 Å². The van der Waals surface area contributed by atoms with Crippen molar-refractivity contribution >= 4 is 23.4 Å². The summed E-state index contributed by atoms with van der Waals surface area (Å²) in [6.07, 6.45) is 7.33. The van der Waals surface area contributed by atoms with Crippen LogP contribution in [0.4, 0.5) is 5.69 Å².